The molecule has 0 aliphatic carbocycles. The van der Waals surface area contributed by atoms with Crippen LogP contribution in [0.15, 0.2) is 83.9 Å². The van der Waals surface area contributed by atoms with Crippen LogP contribution in [-0.4, -0.2) is 233 Å². The molecule has 38 heteroatoms. The van der Waals surface area contributed by atoms with E-state index in [1.165, 1.54) is 53.4 Å². The molecule has 0 unspecified atom stereocenters. The third-order valence-corrected chi connectivity index (χ3v) is 21.3. The van der Waals surface area contributed by atoms with Crippen molar-refractivity contribution in [2.24, 2.45) is 62.7 Å². The largest absolute Gasteiger partial charge is 0.508 e. The van der Waals surface area contributed by atoms with Gasteiger partial charge in [0.25, 0.3) is 0 Å². The predicted molar refractivity (Wildman–Crippen MR) is 463 cm³/mol. The normalized spacial score (nSPS) is 15.7. The van der Waals surface area contributed by atoms with Gasteiger partial charge in [-0.15, -0.1) is 0 Å². The summed E-state index contributed by atoms with van der Waals surface area (Å²) in [6.45, 7) is 8.51. The second kappa shape index (κ2) is 56.4. The molecule has 3 aromatic carbocycles. The summed E-state index contributed by atoms with van der Waals surface area (Å²) in [5.41, 5.74) is 47.9. The molecule has 674 valence electrons. The van der Waals surface area contributed by atoms with Gasteiger partial charge in [-0.3, -0.25) is 62.5 Å². The number of aromatic hydroxyl groups is 2. The monoisotopic (exact) mass is 1710 g/mol. The molecule has 0 radical (unpaired) electrons. The Morgan fingerprint density at radius 2 is 0.802 bits per heavy atom. The number of carboxylic acids is 1. The van der Waals surface area contributed by atoms with Crippen molar-refractivity contribution in [1.29, 1.82) is 0 Å². The van der Waals surface area contributed by atoms with Crippen molar-refractivity contribution in [1.82, 2.24) is 63.4 Å². The number of phenols is 2. The zero-order chi connectivity index (χ0) is 89.5. The number of aliphatic carboxylic acids is 1. The molecular formula is C83H135N21O16S. The standard InChI is InChI=1S/C83H135N21O16S/c1-5-51(4)69(103-74(111)61(28-19-43-92-83(90)91)94-76(113)65(47-53-30-34-55(105)35-31-53)100-72(109)58(24-10-15-39-85)93-70(107)57(89)23-9-14-38-84)80(117)101-66(48-54-32-36-56(106)37-33-54)81(118)104-44-20-29-68(104)79(116)96-60(26-12-17-41-87)73(110)99-64(46-52-21-7-6-8-22-52)77(114)98-63(45-50(2)3)75(112)102-67(49-121)78(115)95-59(25-11-16-40-86)71(108)97-62(82(119)120)27-13-18-42-88/h6-8,21-22,30-37,50-51,57-69,105-106,121H,5,9-20,23-29,38-49,84-89H2,1-4H3,(H,93,107)(H,94,113)(H,95,115)(H,96,116)(H,97,108)(H,98,114)(H,99,110)(H,100,109)(H,101,117)(H,102,112)(H,103,111)(H,119,120)(H4,90,91,92)/t51-,57-,58-,59-,60-,61-,62-,63-,64-,65-,66-,67-,68-,69-/m0/s1. The number of carbonyl (C=O) groups is 13. The molecule has 1 aliphatic rings. The molecule has 0 spiro atoms. The van der Waals surface area contributed by atoms with Crippen LogP contribution in [0, 0.1) is 11.8 Å². The molecule has 37 nitrogen and oxygen atoms in total. The van der Waals surface area contributed by atoms with E-state index in [2.05, 4.69) is 76.1 Å². The zero-order valence-corrected chi connectivity index (χ0v) is 71.3. The minimum absolute atomic E-state index is 0.000756. The molecule has 121 heavy (non-hydrogen) atoms. The lowest BCUT2D eigenvalue weighted by Gasteiger charge is -2.32. The van der Waals surface area contributed by atoms with Crippen LogP contribution in [-0.2, 0) is 81.6 Å². The minimum Gasteiger partial charge on any atom is -0.508 e. The first-order valence-corrected chi connectivity index (χ1v) is 42.8. The number of phenolic OH excluding ortho intramolecular Hbond substituents is 2. The number of guanidine groups is 1. The lowest BCUT2D eigenvalue weighted by molar-refractivity contribution is -0.143. The summed E-state index contributed by atoms with van der Waals surface area (Å²) in [5, 5.41) is 60.6. The van der Waals surface area contributed by atoms with Gasteiger partial charge in [0.05, 0.1) is 6.04 Å². The Balaban J connectivity index is 1.68. The first-order chi connectivity index (χ1) is 57.8. The first kappa shape index (κ1) is 103. The zero-order valence-electron chi connectivity index (χ0n) is 70.4. The van der Waals surface area contributed by atoms with Gasteiger partial charge in [0.1, 0.15) is 84.0 Å². The number of benzene rings is 3. The Labute approximate surface area is 714 Å². The number of thiol groups is 1. The highest BCUT2D eigenvalue weighted by Gasteiger charge is 2.42. The first-order valence-electron chi connectivity index (χ1n) is 42.2. The van der Waals surface area contributed by atoms with Crippen LogP contribution in [0.2, 0.25) is 0 Å². The van der Waals surface area contributed by atoms with Crippen LogP contribution in [0.4, 0.5) is 0 Å². The van der Waals surface area contributed by atoms with E-state index in [0.717, 1.165) is 0 Å². The van der Waals surface area contributed by atoms with Gasteiger partial charge in [-0.25, -0.2) is 4.79 Å². The molecule has 1 fully saturated rings. The fourth-order valence-corrected chi connectivity index (χ4v) is 14.0. The van der Waals surface area contributed by atoms with Crippen LogP contribution in [0.5, 0.6) is 11.5 Å². The average Bonchev–Trinajstić information content (AvgIpc) is 1.71. The number of nitrogens with two attached hydrogens (primary N) is 8. The van der Waals surface area contributed by atoms with Crippen molar-refractivity contribution in [3.8, 4) is 11.5 Å². The van der Waals surface area contributed by atoms with Crippen LogP contribution in [0.1, 0.15) is 179 Å². The number of likely N-dealkylation sites (tertiary alicyclic amines) is 1. The summed E-state index contributed by atoms with van der Waals surface area (Å²) >= 11 is 4.36. The third-order valence-electron chi connectivity index (χ3n) is 20.9. The number of rotatable bonds is 59. The van der Waals surface area contributed by atoms with E-state index in [-0.39, 0.29) is 145 Å². The number of hydrogen-bond acceptors (Lipinski definition) is 23. The Kier molecular flexibility index (Phi) is 48.0. The summed E-state index contributed by atoms with van der Waals surface area (Å²) in [6, 6.07) is 3.14. The smallest absolute Gasteiger partial charge is 0.326 e. The molecular weight excluding hydrogens is 1580 g/mol. The van der Waals surface area contributed by atoms with Gasteiger partial charge in [-0.1, -0.05) is 95.1 Å². The fraction of sp³-hybridized carbons (Fsp3) is 0.614. The summed E-state index contributed by atoms with van der Waals surface area (Å²) in [6.07, 6.45) is 5.26. The van der Waals surface area contributed by atoms with Gasteiger partial charge in [-0.2, -0.15) is 12.6 Å². The highest BCUT2D eigenvalue weighted by molar-refractivity contribution is 7.80. The summed E-state index contributed by atoms with van der Waals surface area (Å²) in [5.74, 6) is -12.4. The van der Waals surface area contributed by atoms with Crippen LogP contribution >= 0.6 is 12.6 Å². The van der Waals surface area contributed by atoms with Crippen molar-refractivity contribution >= 4 is 95.4 Å². The van der Waals surface area contributed by atoms with Crippen molar-refractivity contribution in [3.05, 3.63) is 95.6 Å². The number of carbonyl (C=O) groups excluding carboxylic acids is 12. The SMILES string of the molecule is CC[C@H](C)[C@H](NC(=O)[C@H](CCCN=C(N)N)NC(=O)[C@H](Cc1ccc(O)cc1)NC(=O)[C@H](CCCCN)NC(=O)[C@@H](N)CCCCN)C(=O)N[C@@H](Cc1ccc(O)cc1)C(=O)N1CCC[C@H]1C(=O)N[C@@H](CCCCN)C(=O)N[C@@H](Cc1ccccc1)C(=O)N[C@@H](CC(C)C)C(=O)N[C@@H](CS)C(=O)N[C@@H](CCCCN)C(=O)N[C@@H](CCCCN)C(=O)O. The molecule has 0 saturated carbocycles. The van der Waals surface area contributed by atoms with Crippen molar-refractivity contribution < 1.29 is 77.6 Å². The lowest BCUT2D eigenvalue weighted by atomic mass is 9.96. The van der Waals surface area contributed by atoms with Crippen LogP contribution in [0.3, 0.4) is 0 Å². The van der Waals surface area contributed by atoms with E-state index in [1.807, 2.05) is 0 Å². The maximum Gasteiger partial charge on any atom is 0.326 e. The van der Waals surface area contributed by atoms with Crippen LogP contribution < -0.4 is 104 Å². The highest BCUT2D eigenvalue weighted by atomic mass is 32.1. The van der Waals surface area contributed by atoms with E-state index in [9.17, 15) is 58.5 Å². The number of unbranched alkanes of at least 4 members (excludes halogenated alkanes) is 5. The van der Waals surface area contributed by atoms with E-state index in [0.29, 0.717) is 101 Å². The fourth-order valence-electron chi connectivity index (χ4n) is 13.7. The number of carboxylic acid groups (broad SMARTS) is 1. The van der Waals surface area contributed by atoms with E-state index >= 15 is 19.2 Å². The molecule has 14 atom stereocenters. The highest BCUT2D eigenvalue weighted by Crippen LogP contribution is 2.24. The summed E-state index contributed by atoms with van der Waals surface area (Å²) in [4.78, 5) is 193. The Hall–Kier alpha value is -10.2. The second-order valence-corrected chi connectivity index (χ2v) is 31.6. The van der Waals surface area contributed by atoms with Crippen LogP contribution in [0.25, 0.3) is 0 Å². The third kappa shape index (κ3) is 37.7. The van der Waals surface area contributed by atoms with Gasteiger partial charge in [-0.05, 0) is 208 Å². The number of amides is 12. The lowest BCUT2D eigenvalue weighted by Crippen LogP contribution is -2.62. The topological polar surface area (TPSA) is 639 Å². The van der Waals surface area contributed by atoms with Crippen molar-refractivity contribution in [2.75, 3.05) is 51.6 Å². The van der Waals surface area contributed by atoms with Crippen molar-refractivity contribution in [2.45, 2.75) is 260 Å². The Morgan fingerprint density at radius 3 is 1.25 bits per heavy atom. The molecule has 3 aromatic rings. The number of nitrogens with one attached hydrogen (secondary N) is 11. The Morgan fingerprint density at radius 1 is 0.438 bits per heavy atom. The molecule has 12 amide bonds. The molecule has 0 aromatic heterocycles. The van der Waals surface area contributed by atoms with Gasteiger partial charge in [0, 0.05) is 38.1 Å². The second-order valence-electron chi connectivity index (χ2n) is 31.2. The molecule has 30 N–H and O–H groups in total. The quantitative estimate of drug-likeness (QED) is 0.0133. The predicted octanol–water partition coefficient (Wildman–Crippen LogP) is -1.42. The van der Waals surface area contributed by atoms with Gasteiger partial charge in [0.15, 0.2) is 5.96 Å². The molecule has 0 bridgehead atoms. The minimum atomic E-state index is -1.47. The summed E-state index contributed by atoms with van der Waals surface area (Å²) < 4.78 is 0. The number of hydrogen-bond donors (Lipinski definition) is 23. The van der Waals surface area contributed by atoms with Gasteiger partial charge >= 0.3 is 5.97 Å². The van der Waals surface area contributed by atoms with E-state index < -0.39 is 161 Å². The maximum absolute atomic E-state index is 15.4. The van der Waals surface area contributed by atoms with Gasteiger partial charge in [0.2, 0.25) is 70.9 Å². The van der Waals surface area contributed by atoms with E-state index in [1.54, 1.807) is 58.0 Å². The number of aliphatic imine (C=N–C) groups is 1. The van der Waals surface area contributed by atoms with E-state index in [4.69, 9.17) is 45.9 Å². The molecule has 1 aliphatic heterocycles. The average molecular weight is 1720 g/mol. The molecule has 1 heterocycles. The molecule has 4 rings (SSSR count). The molecule has 1 saturated heterocycles. The number of nitrogens with zero attached hydrogens (tertiary/aromatic N) is 2. The van der Waals surface area contributed by atoms with Gasteiger partial charge < -0.3 is 125 Å². The summed E-state index contributed by atoms with van der Waals surface area (Å²) in [7, 11) is 0. The maximum atomic E-state index is 15.4. The Bertz CT molecular complexity index is 3770. The van der Waals surface area contributed by atoms with Crippen molar-refractivity contribution in [3.63, 3.8) is 0 Å².